The van der Waals surface area contributed by atoms with Gasteiger partial charge >= 0.3 is 12.4 Å². The average molecular weight is 489 g/mol. The number of amides is 1. The number of carbonyl (C=O) groups excluding carboxylic acids is 2. The minimum atomic E-state index is -5.40. The number of hydrogen-bond donors (Lipinski definition) is 1. The summed E-state index contributed by atoms with van der Waals surface area (Å²) in [6, 6.07) is 2.52. The molecular formula is C22H14F7NO4. The van der Waals surface area contributed by atoms with Gasteiger partial charge in [-0.05, 0) is 30.3 Å². The predicted octanol–water partition coefficient (Wildman–Crippen LogP) is 5.81. The van der Waals surface area contributed by atoms with Crippen LogP contribution >= 0.6 is 0 Å². The zero-order valence-corrected chi connectivity index (χ0v) is 17.1. The monoisotopic (exact) mass is 489 g/mol. The molecule has 0 unspecified atom stereocenters. The van der Waals surface area contributed by atoms with Crippen LogP contribution < -0.4 is 14.8 Å². The molecule has 0 atom stereocenters. The molecule has 0 heterocycles. The first-order chi connectivity index (χ1) is 15.8. The molecule has 1 amide bonds. The maximum Gasteiger partial charge on any atom is 0.417 e. The highest BCUT2D eigenvalue weighted by molar-refractivity contribution is 6.01. The molecule has 2 aromatic rings. The highest BCUT2D eigenvalue weighted by atomic mass is 19.4. The second kappa shape index (κ2) is 9.20. The van der Waals surface area contributed by atoms with E-state index in [0.717, 1.165) is 31.4 Å². The van der Waals surface area contributed by atoms with Crippen LogP contribution in [0.25, 0.3) is 0 Å². The van der Waals surface area contributed by atoms with Crippen molar-refractivity contribution in [2.75, 3.05) is 7.11 Å². The molecule has 0 aromatic heterocycles. The van der Waals surface area contributed by atoms with Gasteiger partial charge in [-0.1, -0.05) is 6.08 Å². The van der Waals surface area contributed by atoms with Crippen LogP contribution in [0.5, 0.6) is 17.2 Å². The van der Waals surface area contributed by atoms with Crippen LogP contribution in [0.4, 0.5) is 30.7 Å². The van der Waals surface area contributed by atoms with Gasteiger partial charge in [0, 0.05) is 24.3 Å². The van der Waals surface area contributed by atoms with E-state index in [1.54, 1.807) is 0 Å². The fourth-order valence-corrected chi connectivity index (χ4v) is 3.02. The third-order valence-electron chi connectivity index (χ3n) is 4.50. The number of nitrogens with one attached hydrogen (secondary N) is 1. The highest BCUT2D eigenvalue weighted by Gasteiger charge is 2.42. The molecule has 1 N–H and O–H groups in total. The number of benzene rings is 2. The number of ether oxygens (including phenoxy) is 2. The second-order valence-electron chi connectivity index (χ2n) is 6.92. The minimum Gasteiger partial charge on any atom is -0.493 e. The number of halogens is 7. The smallest absolute Gasteiger partial charge is 0.417 e. The van der Waals surface area contributed by atoms with Gasteiger partial charge in [0.05, 0.1) is 23.8 Å². The van der Waals surface area contributed by atoms with E-state index >= 15 is 0 Å². The first-order valence-corrected chi connectivity index (χ1v) is 9.36. The normalized spacial score (nSPS) is 14.0. The summed E-state index contributed by atoms with van der Waals surface area (Å²) >= 11 is 0. The van der Waals surface area contributed by atoms with Crippen molar-refractivity contribution in [2.45, 2.75) is 18.8 Å². The fraction of sp³-hybridized carbons (Fsp3) is 0.182. The van der Waals surface area contributed by atoms with Crippen LogP contribution in [-0.2, 0) is 17.1 Å². The summed E-state index contributed by atoms with van der Waals surface area (Å²) in [5.41, 5.74) is -5.11. The van der Waals surface area contributed by atoms with Gasteiger partial charge in [0.2, 0.25) is 0 Å². The van der Waals surface area contributed by atoms with Crippen LogP contribution in [0.1, 0.15) is 27.9 Å². The maximum atomic E-state index is 13.8. The van der Waals surface area contributed by atoms with Crippen LogP contribution in [0.3, 0.4) is 0 Å². The van der Waals surface area contributed by atoms with Crippen LogP contribution in [0, 0.1) is 5.82 Å². The quantitative estimate of drug-likeness (QED) is 0.539. The molecule has 0 fully saturated rings. The van der Waals surface area contributed by atoms with Crippen molar-refractivity contribution in [1.29, 1.82) is 0 Å². The third kappa shape index (κ3) is 5.56. The zero-order chi connectivity index (χ0) is 25.3. The van der Waals surface area contributed by atoms with Crippen molar-refractivity contribution in [2.24, 2.45) is 0 Å². The minimum absolute atomic E-state index is 0.00612. The van der Waals surface area contributed by atoms with E-state index in [4.69, 9.17) is 9.47 Å². The molecular weight excluding hydrogens is 475 g/mol. The van der Waals surface area contributed by atoms with Crippen LogP contribution in [0.15, 0.2) is 54.3 Å². The van der Waals surface area contributed by atoms with Crippen molar-refractivity contribution in [3.05, 3.63) is 76.8 Å². The lowest BCUT2D eigenvalue weighted by atomic mass is 10.00. The summed E-state index contributed by atoms with van der Waals surface area (Å²) in [5, 5.41) is 2.06. The van der Waals surface area contributed by atoms with Crippen molar-refractivity contribution in [3.8, 4) is 17.2 Å². The summed E-state index contributed by atoms with van der Waals surface area (Å²) in [6.45, 7) is 0. The Kier molecular flexibility index (Phi) is 6.71. The van der Waals surface area contributed by atoms with E-state index in [9.17, 15) is 40.3 Å². The van der Waals surface area contributed by atoms with E-state index in [2.05, 4.69) is 5.32 Å². The topological polar surface area (TPSA) is 64.6 Å². The molecule has 5 nitrogen and oxygen atoms in total. The first kappa shape index (κ1) is 24.8. The summed E-state index contributed by atoms with van der Waals surface area (Å²) in [6.07, 6.45) is -7.06. The summed E-state index contributed by atoms with van der Waals surface area (Å²) < 4.78 is 105. The molecule has 1 aliphatic carbocycles. The average Bonchev–Trinajstić information content (AvgIpc) is 2.73. The number of allylic oxidation sites excluding steroid dienone is 3. The standard InChI is InChI=1S/C22H14F7NO4/c1-33-17-9-12(23)5-6-16(17)34-18-8-11(21(24,25)26)7-15(22(27,28)29)19(18)20(32)30-13-3-2-4-14(31)10-13/h2-3,5-10H,4H2,1H3,(H,30,32). The van der Waals surface area contributed by atoms with Gasteiger partial charge in [0.1, 0.15) is 11.6 Å². The number of methoxy groups -OCH3 is 1. The number of hydrogen-bond acceptors (Lipinski definition) is 4. The molecule has 0 saturated heterocycles. The van der Waals surface area contributed by atoms with Crippen molar-refractivity contribution in [3.63, 3.8) is 0 Å². The van der Waals surface area contributed by atoms with Crippen LogP contribution in [0.2, 0.25) is 0 Å². The Bertz CT molecular complexity index is 1200. The highest BCUT2D eigenvalue weighted by Crippen LogP contribution is 2.43. The molecule has 180 valence electrons. The van der Waals surface area contributed by atoms with E-state index in [-0.39, 0.29) is 30.0 Å². The Labute approximate surface area is 187 Å². The Hall–Kier alpha value is -3.83. The number of carbonyl (C=O) groups is 2. The van der Waals surface area contributed by atoms with Crippen molar-refractivity contribution in [1.82, 2.24) is 5.32 Å². The third-order valence-corrected chi connectivity index (χ3v) is 4.50. The van der Waals surface area contributed by atoms with Gasteiger partial charge in [-0.2, -0.15) is 26.3 Å². The van der Waals surface area contributed by atoms with Gasteiger partial charge in [0.15, 0.2) is 17.3 Å². The number of alkyl halides is 6. The molecule has 0 bridgehead atoms. The van der Waals surface area contributed by atoms with Gasteiger partial charge in [0.25, 0.3) is 5.91 Å². The molecule has 34 heavy (non-hydrogen) atoms. The molecule has 0 radical (unpaired) electrons. The van der Waals surface area contributed by atoms with Crippen LogP contribution in [-0.4, -0.2) is 18.8 Å². The molecule has 2 aromatic carbocycles. The molecule has 0 spiro atoms. The molecule has 0 saturated carbocycles. The Morgan fingerprint density at radius 3 is 2.26 bits per heavy atom. The SMILES string of the molecule is COc1cc(F)ccc1Oc1cc(C(F)(F)F)cc(C(F)(F)F)c1C(=O)NC1=CC(=O)CC=C1. The number of ketones is 1. The zero-order valence-electron chi connectivity index (χ0n) is 17.1. The van der Waals surface area contributed by atoms with E-state index in [0.29, 0.717) is 0 Å². The Balaban J connectivity index is 2.21. The Morgan fingerprint density at radius 2 is 1.68 bits per heavy atom. The Morgan fingerprint density at radius 1 is 0.971 bits per heavy atom. The summed E-state index contributed by atoms with van der Waals surface area (Å²) in [4.78, 5) is 24.3. The summed E-state index contributed by atoms with van der Waals surface area (Å²) in [5.74, 6) is -4.66. The lowest BCUT2D eigenvalue weighted by molar-refractivity contribution is -0.143. The lowest BCUT2D eigenvalue weighted by Crippen LogP contribution is -2.27. The van der Waals surface area contributed by atoms with Crippen molar-refractivity contribution < 1.29 is 49.8 Å². The van der Waals surface area contributed by atoms with Gasteiger partial charge in [-0.15, -0.1) is 0 Å². The van der Waals surface area contributed by atoms with Gasteiger partial charge in [-0.25, -0.2) is 4.39 Å². The van der Waals surface area contributed by atoms with E-state index in [1.165, 1.54) is 12.2 Å². The second-order valence-corrected chi connectivity index (χ2v) is 6.92. The molecule has 3 rings (SSSR count). The first-order valence-electron chi connectivity index (χ1n) is 9.36. The van der Waals surface area contributed by atoms with Gasteiger partial charge in [-0.3, -0.25) is 9.59 Å². The van der Waals surface area contributed by atoms with Crippen molar-refractivity contribution >= 4 is 11.7 Å². The number of rotatable bonds is 5. The summed E-state index contributed by atoms with van der Waals surface area (Å²) in [7, 11) is 1.07. The van der Waals surface area contributed by atoms with Gasteiger partial charge < -0.3 is 14.8 Å². The van der Waals surface area contributed by atoms with E-state index in [1.807, 2.05) is 0 Å². The largest absolute Gasteiger partial charge is 0.493 e. The maximum absolute atomic E-state index is 13.8. The molecule has 12 heteroatoms. The molecule has 1 aliphatic rings. The molecule has 0 aliphatic heterocycles. The fourth-order valence-electron chi connectivity index (χ4n) is 3.02. The van der Waals surface area contributed by atoms with E-state index < -0.39 is 58.0 Å². The predicted molar refractivity (Wildman–Crippen MR) is 104 cm³/mol. The lowest BCUT2D eigenvalue weighted by Gasteiger charge is -2.21.